The van der Waals surface area contributed by atoms with Gasteiger partial charge in [-0.05, 0) is 30.9 Å². The van der Waals surface area contributed by atoms with Gasteiger partial charge in [-0.25, -0.2) is 0 Å². The third kappa shape index (κ3) is 3.49. The number of ether oxygens (including phenoxy) is 1. The highest BCUT2D eigenvalue weighted by atomic mass is 35.5. The Bertz CT molecular complexity index is 347. The van der Waals surface area contributed by atoms with Gasteiger partial charge in [0.1, 0.15) is 0 Å². The van der Waals surface area contributed by atoms with E-state index < -0.39 is 0 Å². The average Bonchev–Trinajstić information content (AvgIpc) is 2.30. The SMILES string of the molecule is Cl.N[C@H](c1c(Cl)cccc1Cl)C1CCOCC1. The average molecular weight is 297 g/mol. The van der Waals surface area contributed by atoms with Gasteiger partial charge >= 0.3 is 0 Å². The molecule has 0 unspecified atom stereocenters. The second-order valence-electron chi connectivity index (χ2n) is 4.11. The molecule has 2 rings (SSSR count). The summed E-state index contributed by atoms with van der Waals surface area (Å²) in [5.41, 5.74) is 7.12. The van der Waals surface area contributed by atoms with Gasteiger partial charge in [-0.1, -0.05) is 29.3 Å². The zero-order chi connectivity index (χ0) is 11.5. The summed E-state index contributed by atoms with van der Waals surface area (Å²) in [6.45, 7) is 1.56. The summed E-state index contributed by atoms with van der Waals surface area (Å²) in [6.07, 6.45) is 1.95. The first-order chi connectivity index (χ1) is 7.70. The largest absolute Gasteiger partial charge is 0.381 e. The van der Waals surface area contributed by atoms with Crippen molar-refractivity contribution < 1.29 is 4.74 Å². The Hall–Kier alpha value is 0.01000. The molecule has 1 aliphatic rings. The Labute approximate surface area is 118 Å². The number of halogens is 3. The van der Waals surface area contributed by atoms with Gasteiger partial charge in [0.2, 0.25) is 0 Å². The highest BCUT2D eigenvalue weighted by molar-refractivity contribution is 6.36. The maximum absolute atomic E-state index is 6.25. The van der Waals surface area contributed by atoms with E-state index in [0.29, 0.717) is 16.0 Å². The Kier molecular flexibility index (Phi) is 6.04. The Morgan fingerprint density at radius 3 is 2.24 bits per heavy atom. The summed E-state index contributed by atoms with van der Waals surface area (Å²) in [5, 5.41) is 1.32. The van der Waals surface area contributed by atoms with Gasteiger partial charge in [0.25, 0.3) is 0 Å². The van der Waals surface area contributed by atoms with Crippen LogP contribution in [0.5, 0.6) is 0 Å². The van der Waals surface area contributed by atoms with Crippen molar-refractivity contribution >= 4 is 35.6 Å². The molecule has 0 bridgehead atoms. The fourth-order valence-electron chi connectivity index (χ4n) is 2.14. The molecular formula is C12H16Cl3NO. The van der Waals surface area contributed by atoms with Crippen LogP contribution in [0.3, 0.4) is 0 Å². The summed E-state index contributed by atoms with van der Waals surface area (Å²) >= 11 is 12.3. The predicted octanol–water partition coefficient (Wildman–Crippen LogP) is 3.84. The van der Waals surface area contributed by atoms with Crippen LogP contribution in [0.1, 0.15) is 24.4 Å². The monoisotopic (exact) mass is 295 g/mol. The minimum atomic E-state index is -0.0925. The van der Waals surface area contributed by atoms with E-state index in [9.17, 15) is 0 Å². The fraction of sp³-hybridized carbons (Fsp3) is 0.500. The zero-order valence-electron chi connectivity index (χ0n) is 9.36. The van der Waals surface area contributed by atoms with Gasteiger partial charge in [-0.15, -0.1) is 12.4 Å². The molecule has 5 heteroatoms. The Balaban J connectivity index is 0.00000144. The van der Waals surface area contributed by atoms with Crippen molar-refractivity contribution in [3.63, 3.8) is 0 Å². The Morgan fingerprint density at radius 1 is 1.18 bits per heavy atom. The highest BCUT2D eigenvalue weighted by Gasteiger charge is 2.25. The van der Waals surface area contributed by atoms with Crippen LogP contribution in [-0.4, -0.2) is 13.2 Å². The van der Waals surface area contributed by atoms with Gasteiger partial charge in [0.05, 0.1) is 0 Å². The second-order valence-corrected chi connectivity index (χ2v) is 4.93. The van der Waals surface area contributed by atoms with E-state index in [1.54, 1.807) is 0 Å². The molecule has 1 heterocycles. The van der Waals surface area contributed by atoms with Crippen molar-refractivity contribution in [3.8, 4) is 0 Å². The molecule has 1 aliphatic heterocycles. The third-order valence-corrected chi connectivity index (χ3v) is 3.77. The Morgan fingerprint density at radius 2 is 1.71 bits per heavy atom. The molecule has 96 valence electrons. The molecule has 1 atom stereocenters. The van der Waals surface area contributed by atoms with Crippen molar-refractivity contribution in [1.82, 2.24) is 0 Å². The summed E-state index contributed by atoms with van der Waals surface area (Å²) in [6, 6.07) is 5.42. The predicted molar refractivity (Wildman–Crippen MR) is 74.2 cm³/mol. The lowest BCUT2D eigenvalue weighted by Gasteiger charge is -2.28. The summed E-state index contributed by atoms with van der Waals surface area (Å²) in [7, 11) is 0. The van der Waals surface area contributed by atoms with Crippen molar-refractivity contribution in [3.05, 3.63) is 33.8 Å². The third-order valence-electron chi connectivity index (χ3n) is 3.11. The van der Waals surface area contributed by atoms with Gasteiger partial charge < -0.3 is 10.5 Å². The van der Waals surface area contributed by atoms with Crippen LogP contribution in [-0.2, 0) is 4.74 Å². The molecule has 0 aliphatic carbocycles. The van der Waals surface area contributed by atoms with Crippen LogP contribution in [0.2, 0.25) is 10.0 Å². The van der Waals surface area contributed by atoms with E-state index in [-0.39, 0.29) is 18.4 Å². The van der Waals surface area contributed by atoms with Crippen LogP contribution >= 0.6 is 35.6 Å². The lowest BCUT2D eigenvalue weighted by Crippen LogP contribution is -2.27. The first-order valence-electron chi connectivity index (χ1n) is 5.47. The normalized spacial score (nSPS) is 18.5. The maximum atomic E-state index is 6.25. The molecule has 0 aromatic heterocycles. The van der Waals surface area contributed by atoms with Crippen molar-refractivity contribution in [1.29, 1.82) is 0 Å². The fourth-order valence-corrected chi connectivity index (χ4v) is 2.79. The van der Waals surface area contributed by atoms with E-state index in [2.05, 4.69) is 0 Å². The quantitative estimate of drug-likeness (QED) is 0.900. The van der Waals surface area contributed by atoms with Crippen LogP contribution in [0, 0.1) is 5.92 Å². The molecule has 0 spiro atoms. The van der Waals surface area contributed by atoms with Gasteiger partial charge in [-0.3, -0.25) is 0 Å². The maximum Gasteiger partial charge on any atom is 0.0469 e. The van der Waals surface area contributed by atoms with Crippen LogP contribution in [0.15, 0.2) is 18.2 Å². The molecule has 1 fully saturated rings. The number of nitrogens with two attached hydrogens (primary N) is 1. The number of rotatable bonds is 2. The molecular weight excluding hydrogens is 280 g/mol. The molecule has 1 aromatic rings. The van der Waals surface area contributed by atoms with Crippen LogP contribution in [0.4, 0.5) is 0 Å². The van der Waals surface area contributed by atoms with Gasteiger partial charge in [0, 0.05) is 34.9 Å². The van der Waals surface area contributed by atoms with E-state index >= 15 is 0 Å². The first-order valence-corrected chi connectivity index (χ1v) is 6.23. The summed E-state index contributed by atoms with van der Waals surface area (Å²) < 4.78 is 5.32. The highest BCUT2D eigenvalue weighted by Crippen LogP contribution is 2.36. The van der Waals surface area contributed by atoms with Gasteiger partial charge in [-0.2, -0.15) is 0 Å². The number of hydrogen-bond acceptors (Lipinski definition) is 2. The minimum Gasteiger partial charge on any atom is -0.381 e. The molecule has 0 saturated carbocycles. The summed E-state index contributed by atoms with van der Waals surface area (Å²) in [5.74, 6) is 0.408. The van der Waals surface area contributed by atoms with E-state index in [0.717, 1.165) is 31.6 Å². The molecule has 0 radical (unpaired) electrons. The number of hydrogen-bond donors (Lipinski definition) is 1. The lowest BCUT2D eigenvalue weighted by molar-refractivity contribution is 0.0584. The van der Waals surface area contributed by atoms with Crippen LogP contribution < -0.4 is 5.73 Å². The van der Waals surface area contributed by atoms with Crippen molar-refractivity contribution in [2.45, 2.75) is 18.9 Å². The van der Waals surface area contributed by atoms with Crippen LogP contribution in [0.25, 0.3) is 0 Å². The molecule has 2 nitrogen and oxygen atoms in total. The van der Waals surface area contributed by atoms with Crippen molar-refractivity contribution in [2.24, 2.45) is 11.7 Å². The molecule has 0 amide bonds. The molecule has 1 saturated heterocycles. The minimum absolute atomic E-state index is 0. The van der Waals surface area contributed by atoms with E-state index in [1.807, 2.05) is 18.2 Å². The molecule has 1 aromatic carbocycles. The summed E-state index contributed by atoms with van der Waals surface area (Å²) in [4.78, 5) is 0. The smallest absolute Gasteiger partial charge is 0.0469 e. The number of benzene rings is 1. The zero-order valence-corrected chi connectivity index (χ0v) is 11.7. The van der Waals surface area contributed by atoms with Gasteiger partial charge in [0.15, 0.2) is 0 Å². The van der Waals surface area contributed by atoms with Crippen molar-refractivity contribution in [2.75, 3.05) is 13.2 Å². The lowest BCUT2D eigenvalue weighted by atomic mass is 9.88. The first kappa shape index (κ1) is 15.1. The second kappa shape index (κ2) is 6.81. The van der Waals surface area contributed by atoms with E-state index in [4.69, 9.17) is 33.7 Å². The topological polar surface area (TPSA) is 35.2 Å². The standard InChI is InChI=1S/C12H15Cl2NO.ClH/c13-9-2-1-3-10(14)11(9)12(15)8-4-6-16-7-5-8;/h1-3,8,12H,4-7,15H2;1H/t12-;/m0./s1. The molecule has 2 N–H and O–H groups in total. The van der Waals surface area contributed by atoms with E-state index in [1.165, 1.54) is 0 Å². The molecule has 17 heavy (non-hydrogen) atoms.